The number of hydrogen-bond donors (Lipinski definition) is 1. The highest BCUT2D eigenvalue weighted by Gasteiger charge is 2.09. The zero-order chi connectivity index (χ0) is 16.2. The topological polar surface area (TPSA) is 42.0 Å². The van der Waals surface area contributed by atoms with Gasteiger partial charge in [-0.3, -0.25) is 4.79 Å². The molecule has 1 heterocycles. The zero-order valence-corrected chi connectivity index (χ0v) is 14.3. The molecule has 0 radical (unpaired) electrons. The second-order valence-electron chi connectivity index (χ2n) is 4.78. The molecule has 1 aromatic heterocycles. The molecule has 23 heavy (non-hydrogen) atoms. The maximum absolute atomic E-state index is 12.1. The summed E-state index contributed by atoms with van der Waals surface area (Å²) >= 11 is 13.4. The van der Waals surface area contributed by atoms with Crippen LogP contribution in [0, 0.1) is 0 Å². The van der Waals surface area contributed by atoms with Crippen LogP contribution in [0.25, 0.3) is 10.9 Å². The number of aromatic nitrogens is 1. The molecule has 3 nitrogen and oxygen atoms in total. The molecular weight excluding hydrogens is 351 g/mol. The van der Waals surface area contributed by atoms with E-state index in [0.29, 0.717) is 15.7 Å². The van der Waals surface area contributed by atoms with E-state index in [9.17, 15) is 4.79 Å². The molecule has 3 aromatic rings. The van der Waals surface area contributed by atoms with Gasteiger partial charge in [-0.05, 0) is 24.3 Å². The summed E-state index contributed by atoms with van der Waals surface area (Å²) in [7, 11) is 0. The molecule has 6 heteroatoms. The van der Waals surface area contributed by atoms with Gasteiger partial charge in [0.1, 0.15) is 0 Å². The number of para-hydroxylation sites is 1. The Morgan fingerprint density at radius 1 is 1.04 bits per heavy atom. The molecule has 0 fully saturated rings. The third-order valence-electron chi connectivity index (χ3n) is 3.15. The monoisotopic (exact) mass is 362 g/mol. The van der Waals surface area contributed by atoms with Crippen molar-refractivity contribution in [3.05, 3.63) is 64.6 Å². The van der Waals surface area contributed by atoms with Crippen LogP contribution in [0.3, 0.4) is 0 Å². The summed E-state index contributed by atoms with van der Waals surface area (Å²) in [5, 5.41) is 5.39. The normalized spacial score (nSPS) is 10.7. The molecule has 3 rings (SSSR count). The van der Waals surface area contributed by atoms with Gasteiger partial charge in [0.05, 0.1) is 32.0 Å². The van der Waals surface area contributed by atoms with Gasteiger partial charge in [0.15, 0.2) is 0 Å². The summed E-state index contributed by atoms with van der Waals surface area (Å²) < 4.78 is 0. The Labute approximate surface area is 148 Å². The van der Waals surface area contributed by atoms with Gasteiger partial charge < -0.3 is 5.32 Å². The van der Waals surface area contributed by atoms with Crippen molar-refractivity contribution in [2.24, 2.45) is 0 Å². The fourth-order valence-electron chi connectivity index (χ4n) is 2.05. The number of hydrogen-bond acceptors (Lipinski definition) is 3. The minimum absolute atomic E-state index is 0.158. The van der Waals surface area contributed by atoms with Crippen molar-refractivity contribution in [1.82, 2.24) is 4.98 Å². The second kappa shape index (κ2) is 7.21. The molecule has 0 atom stereocenters. The Kier molecular flexibility index (Phi) is 5.06. The molecule has 0 aliphatic carbocycles. The van der Waals surface area contributed by atoms with Crippen molar-refractivity contribution in [3.8, 4) is 0 Å². The van der Waals surface area contributed by atoms with Crippen molar-refractivity contribution in [2.75, 3.05) is 11.1 Å². The van der Waals surface area contributed by atoms with Crippen LogP contribution >= 0.6 is 35.0 Å². The molecule has 116 valence electrons. The van der Waals surface area contributed by atoms with E-state index in [0.717, 1.165) is 15.9 Å². The third-order valence-corrected chi connectivity index (χ3v) is 4.90. The van der Waals surface area contributed by atoms with Crippen molar-refractivity contribution in [3.63, 3.8) is 0 Å². The number of pyridine rings is 1. The number of nitrogens with zero attached hydrogens (tertiary/aromatic N) is 1. The number of nitrogens with one attached hydrogen (secondary N) is 1. The molecule has 0 unspecified atom stereocenters. The van der Waals surface area contributed by atoms with E-state index in [4.69, 9.17) is 23.2 Å². The van der Waals surface area contributed by atoms with Crippen molar-refractivity contribution < 1.29 is 4.79 Å². The summed E-state index contributed by atoms with van der Waals surface area (Å²) in [5.74, 6) is 0.0860. The van der Waals surface area contributed by atoms with Crippen LogP contribution in [0.15, 0.2) is 59.6 Å². The first-order valence-electron chi connectivity index (χ1n) is 6.86. The summed E-state index contributed by atoms with van der Waals surface area (Å²) in [6, 6.07) is 16.9. The molecular formula is C17H12Cl2N2OS. The van der Waals surface area contributed by atoms with Crippen LogP contribution in [0.2, 0.25) is 10.0 Å². The number of carbonyl (C=O) groups excluding carboxylic acids is 1. The van der Waals surface area contributed by atoms with Crippen LogP contribution in [-0.4, -0.2) is 16.6 Å². The number of carbonyl (C=O) groups is 1. The van der Waals surface area contributed by atoms with E-state index >= 15 is 0 Å². The first kappa shape index (κ1) is 16.1. The van der Waals surface area contributed by atoms with Crippen LogP contribution in [0.5, 0.6) is 0 Å². The molecule has 1 N–H and O–H groups in total. The predicted octanol–water partition coefficient (Wildman–Crippen LogP) is 5.27. The molecule has 0 saturated carbocycles. The van der Waals surface area contributed by atoms with Gasteiger partial charge >= 0.3 is 0 Å². The summed E-state index contributed by atoms with van der Waals surface area (Å²) in [6.07, 6.45) is 0. The van der Waals surface area contributed by atoms with Gasteiger partial charge in [0, 0.05) is 5.39 Å². The number of anilines is 1. The Balaban J connectivity index is 1.65. The molecule has 1 amide bonds. The largest absolute Gasteiger partial charge is 0.324 e. The number of halogens is 2. The first-order chi connectivity index (χ1) is 11.1. The summed E-state index contributed by atoms with van der Waals surface area (Å²) in [6.45, 7) is 0. The van der Waals surface area contributed by atoms with Crippen molar-refractivity contribution >= 4 is 57.5 Å². The molecule has 0 saturated heterocycles. The smallest absolute Gasteiger partial charge is 0.234 e. The van der Waals surface area contributed by atoms with Crippen LogP contribution in [0.1, 0.15) is 0 Å². The minimum atomic E-state index is -0.158. The van der Waals surface area contributed by atoms with E-state index in [1.165, 1.54) is 11.8 Å². The zero-order valence-electron chi connectivity index (χ0n) is 11.9. The van der Waals surface area contributed by atoms with E-state index < -0.39 is 0 Å². The van der Waals surface area contributed by atoms with Gasteiger partial charge in [0.2, 0.25) is 5.91 Å². The molecule has 0 spiro atoms. The Morgan fingerprint density at radius 3 is 2.74 bits per heavy atom. The Morgan fingerprint density at radius 2 is 1.87 bits per heavy atom. The fourth-order valence-corrected chi connectivity index (χ4v) is 3.08. The lowest BCUT2D eigenvalue weighted by molar-refractivity contribution is -0.113. The van der Waals surface area contributed by atoms with Gasteiger partial charge in [-0.2, -0.15) is 0 Å². The van der Waals surface area contributed by atoms with Gasteiger partial charge in [-0.25, -0.2) is 4.98 Å². The van der Waals surface area contributed by atoms with Crippen LogP contribution in [-0.2, 0) is 4.79 Å². The van der Waals surface area contributed by atoms with Crippen LogP contribution < -0.4 is 5.32 Å². The highest BCUT2D eigenvalue weighted by atomic mass is 35.5. The lowest BCUT2D eigenvalue weighted by atomic mass is 10.2. The standard InChI is InChI=1S/C17H12Cl2N2OS/c18-12-5-3-7-14(17(12)19)20-15(22)10-23-16-9-8-11-4-1-2-6-13(11)21-16/h1-9H,10H2,(H,20,22). The highest BCUT2D eigenvalue weighted by molar-refractivity contribution is 7.99. The molecule has 0 bridgehead atoms. The third kappa shape index (κ3) is 3.96. The molecule has 0 aliphatic rings. The SMILES string of the molecule is O=C(CSc1ccc2ccccc2n1)Nc1cccc(Cl)c1Cl. The lowest BCUT2D eigenvalue weighted by Gasteiger charge is -2.08. The first-order valence-corrected chi connectivity index (χ1v) is 8.60. The van der Waals surface area contributed by atoms with Crippen molar-refractivity contribution in [1.29, 1.82) is 0 Å². The van der Waals surface area contributed by atoms with Gasteiger partial charge in [-0.1, -0.05) is 65.3 Å². The summed E-state index contributed by atoms with van der Waals surface area (Å²) in [5.41, 5.74) is 1.42. The number of fused-ring (bicyclic) bond motifs is 1. The average molecular weight is 363 g/mol. The molecule has 2 aromatic carbocycles. The highest BCUT2D eigenvalue weighted by Crippen LogP contribution is 2.29. The maximum atomic E-state index is 12.1. The minimum Gasteiger partial charge on any atom is -0.324 e. The quantitative estimate of drug-likeness (QED) is 0.642. The lowest BCUT2D eigenvalue weighted by Crippen LogP contribution is -2.14. The Bertz CT molecular complexity index is 870. The van der Waals surface area contributed by atoms with E-state index in [1.54, 1.807) is 18.2 Å². The number of benzene rings is 2. The summed E-state index contributed by atoms with van der Waals surface area (Å²) in [4.78, 5) is 16.6. The predicted molar refractivity (Wildman–Crippen MR) is 97.6 cm³/mol. The molecule has 0 aliphatic heterocycles. The Hall–Kier alpha value is -1.75. The average Bonchev–Trinajstić information content (AvgIpc) is 2.57. The van der Waals surface area contributed by atoms with Gasteiger partial charge in [0.25, 0.3) is 0 Å². The number of amides is 1. The second-order valence-corrected chi connectivity index (χ2v) is 6.56. The van der Waals surface area contributed by atoms with Crippen LogP contribution in [0.4, 0.5) is 5.69 Å². The van der Waals surface area contributed by atoms with Gasteiger partial charge in [-0.15, -0.1) is 0 Å². The van der Waals surface area contributed by atoms with E-state index in [2.05, 4.69) is 10.3 Å². The number of rotatable bonds is 4. The fraction of sp³-hybridized carbons (Fsp3) is 0.0588. The van der Waals surface area contributed by atoms with E-state index in [-0.39, 0.29) is 11.7 Å². The number of thioether (sulfide) groups is 1. The maximum Gasteiger partial charge on any atom is 0.234 e. The van der Waals surface area contributed by atoms with Crippen molar-refractivity contribution in [2.45, 2.75) is 5.03 Å². The van der Waals surface area contributed by atoms with E-state index in [1.807, 2.05) is 36.4 Å².